The number of rotatable bonds is 1. The molecule has 0 aliphatic heterocycles. The summed E-state index contributed by atoms with van der Waals surface area (Å²) in [6.07, 6.45) is 5.35. The van der Waals surface area contributed by atoms with E-state index in [9.17, 15) is 4.79 Å². The molecule has 78 valence electrons. The highest BCUT2D eigenvalue weighted by Gasteiger charge is 2.43. The largest absolute Gasteiger partial charge is 0.300 e. The van der Waals surface area contributed by atoms with Gasteiger partial charge in [0.05, 0.1) is 0 Å². The monoisotopic (exact) mass is 192 g/mol. The molecule has 2 saturated carbocycles. The third-order valence-electron chi connectivity index (χ3n) is 4.13. The van der Waals surface area contributed by atoms with E-state index in [1.165, 1.54) is 24.8 Å². The Labute approximate surface area is 86.6 Å². The smallest absolute Gasteiger partial charge is 0.133 e. The molecule has 0 N–H and O–H groups in total. The molecule has 0 saturated heterocycles. The fourth-order valence-electron chi connectivity index (χ4n) is 3.48. The number of hydrogen-bond donors (Lipinski definition) is 0. The molecule has 2 fully saturated rings. The van der Waals surface area contributed by atoms with Crippen molar-refractivity contribution < 1.29 is 4.79 Å². The van der Waals surface area contributed by atoms with Gasteiger partial charge in [0.15, 0.2) is 0 Å². The van der Waals surface area contributed by atoms with Crippen LogP contribution in [-0.4, -0.2) is 5.78 Å². The highest BCUT2D eigenvalue weighted by Crippen LogP contribution is 2.51. The lowest BCUT2D eigenvalue weighted by Gasteiger charge is -2.46. The van der Waals surface area contributed by atoms with Gasteiger partial charge < -0.3 is 0 Å². The van der Waals surface area contributed by atoms with Crippen LogP contribution in [0, 0.1) is 17.3 Å². The first-order valence-corrected chi connectivity index (χ1v) is 5.67. The third kappa shape index (κ3) is 1.65. The summed E-state index contributed by atoms with van der Waals surface area (Å²) in [5.41, 5.74) is 1.61. The fraction of sp³-hybridized carbons (Fsp3) is 0.769. The van der Waals surface area contributed by atoms with Gasteiger partial charge in [0.25, 0.3) is 0 Å². The molecule has 2 rings (SSSR count). The van der Waals surface area contributed by atoms with Gasteiger partial charge in [-0.1, -0.05) is 19.1 Å². The van der Waals surface area contributed by atoms with Crippen molar-refractivity contribution >= 4 is 5.78 Å². The maximum atomic E-state index is 11.6. The van der Waals surface area contributed by atoms with Crippen LogP contribution in [0.2, 0.25) is 0 Å². The van der Waals surface area contributed by atoms with Gasteiger partial charge in [-0.2, -0.15) is 0 Å². The Kier molecular flexibility index (Phi) is 2.29. The van der Waals surface area contributed by atoms with Gasteiger partial charge in [0, 0.05) is 12.8 Å². The minimum atomic E-state index is 0.325. The average molecular weight is 192 g/mol. The number of Topliss-reactive ketones (excluding diaryl/α,β-unsaturated/α-hetero) is 1. The van der Waals surface area contributed by atoms with Crippen LogP contribution in [-0.2, 0) is 4.79 Å². The van der Waals surface area contributed by atoms with E-state index in [1.807, 2.05) is 0 Å². The van der Waals surface area contributed by atoms with Crippen LogP contribution in [0.5, 0.6) is 0 Å². The molecule has 14 heavy (non-hydrogen) atoms. The van der Waals surface area contributed by atoms with Crippen molar-refractivity contribution in [2.45, 2.75) is 46.0 Å². The standard InChI is InChI=1S/C13H20O/c1-9(2)12-4-5-13(3)7-10(12)6-11(14)8-13/h10,12H,1,4-8H2,2-3H3/t10-,12-,13-/m0/s1. The molecule has 0 heterocycles. The molecule has 2 aliphatic rings. The van der Waals surface area contributed by atoms with E-state index in [1.54, 1.807) is 0 Å². The summed E-state index contributed by atoms with van der Waals surface area (Å²) in [7, 11) is 0. The predicted octanol–water partition coefficient (Wildman–Crippen LogP) is 3.35. The van der Waals surface area contributed by atoms with Crippen molar-refractivity contribution in [2.24, 2.45) is 17.3 Å². The SMILES string of the molecule is C=C(C)[C@@H]1CC[C@]2(C)CC(=O)C[C@H]1C2. The lowest BCUT2D eigenvalue weighted by Crippen LogP contribution is -2.39. The summed E-state index contributed by atoms with van der Waals surface area (Å²) in [6.45, 7) is 8.46. The molecule has 0 radical (unpaired) electrons. The Balaban J connectivity index is 2.18. The number of hydrogen-bond acceptors (Lipinski definition) is 1. The maximum Gasteiger partial charge on any atom is 0.133 e. The zero-order valence-corrected chi connectivity index (χ0v) is 9.31. The summed E-state index contributed by atoms with van der Waals surface area (Å²) in [5.74, 6) is 1.70. The number of allylic oxidation sites excluding steroid dienone is 1. The van der Waals surface area contributed by atoms with Crippen molar-refractivity contribution in [3.05, 3.63) is 12.2 Å². The summed E-state index contributed by atoms with van der Waals surface area (Å²) in [4.78, 5) is 11.6. The van der Waals surface area contributed by atoms with Gasteiger partial charge >= 0.3 is 0 Å². The van der Waals surface area contributed by atoms with Crippen LogP contribution in [0.25, 0.3) is 0 Å². The van der Waals surface area contributed by atoms with E-state index in [2.05, 4.69) is 20.4 Å². The fourth-order valence-corrected chi connectivity index (χ4v) is 3.48. The molecule has 0 aromatic heterocycles. The average Bonchev–Trinajstić information content (AvgIpc) is 2.00. The van der Waals surface area contributed by atoms with Crippen molar-refractivity contribution in [2.75, 3.05) is 0 Å². The Morgan fingerprint density at radius 2 is 2.29 bits per heavy atom. The van der Waals surface area contributed by atoms with E-state index in [0.717, 1.165) is 12.8 Å². The molecule has 0 spiro atoms. The van der Waals surface area contributed by atoms with E-state index < -0.39 is 0 Å². The molecular formula is C13H20O. The second kappa shape index (κ2) is 3.22. The van der Waals surface area contributed by atoms with Crippen LogP contribution in [0.3, 0.4) is 0 Å². The lowest BCUT2D eigenvalue weighted by atomic mass is 9.58. The Hall–Kier alpha value is -0.590. The van der Waals surface area contributed by atoms with Crippen molar-refractivity contribution in [3.63, 3.8) is 0 Å². The van der Waals surface area contributed by atoms with Gasteiger partial charge in [-0.3, -0.25) is 4.79 Å². The molecule has 3 atom stereocenters. The Morgan fingerprint density at radius 1 is 1.57 bits per heavy atom. The van der Waals surface area contributed by atoms with Gasteiger partial charge in [-0.25, -0.2) is 0 Å². The first-order valence-electron chi connectivity index (χ1n) is 5.67. The molecule has 2 aliphatic carbocycles. The molecule has 1 nitrogen and oxygen atoms in total. The van der Waals surface area contributed by atoms with Gasteiger partial charge in [0.2, 0.25) is 0 Å². The molecule has 2 bridgehead atoms. The number of ketones is 1. The molecule has 0 aromatic rings. The van der Waals surface area contributed by atoms with Crippen LogP contribution in [0.15, 0.2) is 12.2 Å². The maximum absolute atomic E-state index is 11.6. The third-order valence-corrected chi connectivity index (χ3v) is 4.13. The summed E-state index contributed by atoms with van der Waals surface area (Å²) in [6, 6.07) is 0. The first-order chi connectivity index (χ1) is 6.50. The summed E-state index contributed by atoms with van der Waals surface area (Å²) in [5, 5.41) is 0. The zero-order valence-electron chi connectivity index (χ0n) is 9.31. The van der Waals surface area contributed by atoms with Gasteiger partial charge in [-0.05, 0) is 43.4 Å². The number of carbonyl (C=O) groups is 1. The van der Waals surface area contributed by atoms with Crippen LogP contribution in [0.1, 0.15) is 46.0 Å². The van der Waals surface area contributed by atoms with E-state index in [-0.39, 0.29) is 0 Å². The topological polar surface area (TPSA) is 17.1 Å². The van der Waals surface area contributed by atoms with Gasteiger partial charge in [0.1, 0.15) is 5.78 Å². The second-order valence-corrected chi connectivity index (χ2v) is 5.69. The minimum Gasteiger partial charge on any atom is -0.300 e. The zero-order chi connectivity index (χ0) is 10.3. The van der Waals surface area contributed by atoms with Gasteiger partial charge in [-0.15, -0.1) is 0 Å². The van der Waals surface area contributed by atoms with Crippen LogP contribution in [0.4, 0.5) is 0 Å². The molecule has 0 amide bonds. The molecular weight excluding hydrogens is 172 g/mol. The summed E-state index contributed by atoms with van der Waals surface area (Å²) < 4.78 is 0. The highest BCUT2D eigenvalue weighted by molar-refractivity contribution is 5.80. The van der Waals surface area contributed by atoms with Crippen molar-refractivity contribution in [1.29, 1.82) is 0 Å². The van der Waals surface area contributed by atoms with E-state index in [0.29, 0.717) is 23.0 Å². The highest BCUT2D eigenvalue weighted by atomic mass is 16.1. The first kappa shape index (κ1) is 9.95. The Morgan fingerprint density at radius 3 is 2.93 bits per heavy atom. The number of carbonyl (C=O) groups excluding carboxylic acids is 1. The van der Waals surface area contributed by atoms with E-state index in [4.69, 9.17) is 0 Å². The van der Waals surface area contributed by atoms with Crippen LogP contribution < -0.4 is 0 Å². The predicted molar refractivity (Wildman–Crippen MR) is 58.0 cm³/mol. The molecule has 0 unspecified atom stereocenters. The molecule has 1 heteroatoms. The van der Waals surface area contributed by atoms with Crippen molar-refractivity contribution in [1.82, 2.24) is 0 Å². The second-order valence-electron chi connectivity index (χ2n) is 5.69. The minimum absolute atomic E-state index is 0.325. The van der Waals surface area contributed by atoms with Crippen molar-refractivity contribution in [3.8, 4) is 0 Å². The van der Waals surface area contributed by atoms with E-state index >= 15 is 0 Å². The normalized spacial score (nSPS) is 42.3. The van der Waals surface area contributed by atoms with Crippen LogP contribution >= 0.6 is 0 Å². The quantitative estimate of drug-likeness (QED) is 0.582. The Bertz CT molecular complexity index is 279. The lowest BCUT2D eigenvalue weighted by molar-refractivity contribution is -0.128. The molecule has 0 aromatic carbocycles. The summed E-state index contributed by atoms with van der Waals surface area (Å²) >= 11 is 0. The number of fused-ring (bicyclic) bond motifs is 2.